The molecule has 0 saturated heterocycles. The zero-order chi connectivity index (χ0) is 24.9. The van der Waals surface area contributed by atoms with Gasteiger partial charge in [-0.3, -0.25) is 9.59 Å². The topological polar surface area (TPSA) is 46.2 Å². The van der Waals surface area contributed by atoms with E-state index in [-0.39, 0.29) is 24.5 Å². The maximum atomic E-state index is 13.0. The van der Waals surface area contributed by atoms with Crippen molar-refractivity contribution in [1.82, 2.24) is 5.32 Å². The van der Waals surface area contributed by atoms with Gasteiger partial charge in [0.25, 0.3) is 5.91 Å². The first kappa shape index (κ1) is 25.2. The highest BCUT2D eigenvalue weighted by Gasteiger charge is 2.30. The first-order chi connectivity index (χ1) is 16.1. The number of aryl methyl sites for hydroxylation is 3. The molecule has 0 aliphatic carbocycles. The van der Waals surface area contributed by atoms with Crippen molar-refractivity contribution in [3.63, 3.8) is 0 Å². The van der Waals surface area contributed by atoms with Gasteiger partial charge in [0.1, 0.15) is 5.78 Å². The summed E-state index contributed by atoms with van der Waals surface area (Å²) in [6.07, 6.45) is -2.94. The Morgan fingerprint density at radius 1 is 0.853 bits per heavy atom. The van der Waals surface area contributed by atoms with E-state index in [0.29, 0.717) is 29.5 Å². The molecule has 3 rings (SSSR count). The summed E-state index contributed by atoms with van der Waals surface area (Å²) in [5.41, 5.74) is 5.25. The molecule has 0 aliphatic rings. The van der Waals surface area contributed by atoms with E-state index in [1.807, 2.05) is 43.3 Å². The molecule has 3 nitrogen and oxygen atoms in total. The molecule has 0 aromatic heterocycles. The second-order valence-corrected chi connectivity index (χ2v) is 8.57. The highest BCUT2D eigenvalue weighted by molar-refractivity contribution is 5.94. The average Bonchev–Trinajstić information content (AvgIpc) is 2.79. The number of Topliss-reactive ketones (excluding diaryl/α,β-unsaturated/α-hetero) is 1. The molecule has 1 N–H and O–H groups in total. The van der Waals surface area contributed by atoms with Gasteiger partial charge in [0.2, 0.25) is 0 Å². The van der Waals surface area contributed by atoms with Crippen LogP contribution in [0.1, 0.15) is 55.7 Å². The third kappa shape index (κ3) is 6.56. The molecule has 0 spiro atoms. The number of halogens is 3. The van der Waals surface area contributed by atoms with Crippen molar-refractivity contribution in [2.75, 3.05) is 7.05 Å². The molecule has 1 amide bonds. The molecule has 0 unspecified atom stereocenters. The predicted molar refractivity (Wildman–Crippen MR) is 127 cm³/mol. The number of benzene rings is 3. The number of alkyl halides is 3. The number of amides is 1. The van der Waals surface area contributed by atoms with E-state index in [0.717, 1.165) is 34.4 Å². The number of rotatable bonds is 8. The van der Waals surface area contributed by atoms with Gasteiger partial charge in [-0.2, -0.15) is 13.2 Å². The summed E-state index contributed by atoms with van der Waals surface area (Å²) in [6, 6.07) is 17.1. The maximum absolute atomic E-state index is 13.0. The first-order valence-electron chi connectivity index (χ1n) is 11.1. The Bertz CT molecular complexity index is 1200. The molecule has 0 radical (unpaired) electrons. The summed E-state index contributed by atoms with van der Waals surface area (Å²) >= 11 is 0. The summed E-state index contributed by atoms with van der Waals surface area (Å²) in [4.78, 5) is 24.4. The molecule has 0 saturated carbocycles. The number of ketones is 1. The van der Waals surface area contributed by atoms with Crippen LogP contribution in [-0.2, 0) is 30.2 Å². The van der Waals surface area contributed by atoms with Crippen molar-refractivity contribution >= 4 is 11.7 Å². The number of hydrogen-bond donors (Lipinski definition) is 1. The minimum absolute atomic E-state index is 0.00546. The summed E-state index contributed by atoms with van der Waals surface area (Å²) in [6.45, 7) is 3.73. The van der Waals surface area contributed by atoms with Crippen LogP contribution in [0.25, 0.3) is 0 Å². The van der Waals surface area contributed by atoms with Crippen molar-refractivity contribution in [1.29, 1.82) is 0 Å². The standard InChI is InChI=1S/C28H28F3NO2/c1-18-7-11-25(28(29,30)31)16-24(18)17-26(33)12-9-20-8-10-22(19(2)13-20)14-21-5-4-6-23(15-21)27(34)32-3/h4-8,10-11,13,15-16H,9,12,14,17H2,1-3H3,(H,32,34). The molecule has 0 fully saturated rings. The zero-order valence-electron chi connectivity index (χ0n) is 19.6. The van der Waals surface area contributed by atoms with Crippen molar-refractivity contribution in [2.24, 2.45) is 0 Å². The molecular weight excluding hydrogens is 439 g/mol. The van der Waals surface area contributed by atoms with Crippen LogP contribution in [0, 0.1) is 13.8 Å². The van der Waals surface area contributed by atoms with Crippen LogP contribution >= 0.6 is 0 Å². The number of nitrogens with one attached hydrogen (secondary N) is 1. The van der Waals surface area contributed by atoms with E-state index in [1.54, 1.807) is 20.0 Å². The maximum Gasteiger partial charge on any atom is 0.416 e. The van der Waals surface area contributed by atoms with Crippen molar-refractivity contribution in [3.05, 3.63) is 105 Å². The lowest BCUT2D eigenvalue weighted by atomic mass is 9.94. The van der Waals surface area contributed by atoms with Crippen LogP contribution in [0.2, 0.25) is 0 Å². The van der Waals surface area contributed by atoms with Crippen LogP contribution < -0.4 is 5.32 Å². The molecule has 6 heteroatoms. The molecule has 0 bridgehead atoms. The molecule has 0 atom stereocenters. The molecule has 3 aromatic carbocycles. The van der Waals surface area contributed by atoms with Gasteiger partial charge >= 0.3 is 6.18 Å². The van der Waals surface area contributed by atoms with Crippen molar-refractivity contribution < 1.29 is 22.8 Å². The van der Waals surface area contributed by atoms with Gasteiger partial charge in [-0.1, -0.05) is 36.4 Å². The fraction of sp³-hybridized carbons (Fsp3) is 0.286. The Morgan fingerprint density at radius 2 is 1.62 bits per heavy atom. The Morgan fingerprint density at radius 3 is 2.29 bits per heavy atom. The van der Waals surface area contributed by atoms with Gasteiger partial charge in [-0.15, -0.1) is 0 Å². The molecule has 0 heterocycles. The zero-order valence-corrected chi connectivity index (χ0v) is 19.6. The summed E-state index contributed by atoms with van der Waals surface area (Å²) < 4.78 is 38.9. The fourth-order valence-corrected chi connectivity index (χ4v) is 3.92. The number of carbonyl (C=O) groups excluding carboxylic acids is 2. The second-order valence-electron chi connectivity index (χ2n) is 8.57. The lowest BCUT2D eigenvalue weighted by Gasteiger charge is -2.12. The fourth-order valence-electron chi connectivity index (χ4n) is 3.92. The molecule has 178 valence electrons. The lowest BCUT2D eigenvalue weighted by molar-refractivity contribution is -0.137. The van der Waals surface area contributed by atoms with Crippen molar-refractivity contribution in [3.8, 4) is 0 Å². The Labute approximate surface area is 198 Å². The number of hydrogen-bond acceptors (Lipinski definition) is 2. The quantitative estimate of drug-likeness (QED) is 0.441. The Kier molecular flexibility index (Phi) is 7.92. The van der Waals surface area contributed by atoms with Gasteiger partial charge in [-0.05, 0) is 84.3 Å². The predicted octanol–water partition coefficient (Wildman–Crippen LogP) is 6.02. The van der Waals surface area contributed by atoms with Gasteiger partial charge in [0.15, 0.2) is 0 Å². The SMILES string of the molecule is CNC(=O)c1cccc(Cc2ccc(CCC(=O)Cc3cc(C(F)(F)F)ccc3C)cc2C)c1. The monoisotopic (exact) mass is 467 g/mol. The summed E-state index contributed by atoms with van der Waals surface area (Å²) in [5.74, 6) is -0.214. The summed E-state index contributed by atoms with van der Waals surface area (Å²) in [7, 11) is 1.60. The van der Waals surface area contributed by atoms with E-state index in [1.165, 1.54) is 6.07 Å². The van der Waals surface area contributed by atoms with Crippen LogP contribution in [0.5, 0.6) is 0 Å². The normalized spacial score (nSPS) is 11.4. The third-order valence-corrected chi connectivity index (χ3v) is 5.97. The van der Waals surface area contributed by atoms with E-state index >= 15 is 0 Å². The minimum atomic E-state index is -4.42. The second kappa shape index (κ2) is 10.7. The van der Waals surface area contributed by atoms with Gasteiger partial charge in [0, 0.05) is 25.5 Å². The van der Waals surface area contributed by atoms with Crippen LogP contribution in [0.4, 0.5) is 13.2 Å². The molecular formula is C28H28F3NO2. The minimum Gasteiger partial charge on any atom is -0.355 e. The van der Waals surface area contributed by atoms with Gasteiger partial charge < -0.3 is 5.32 Å². The molecule has 0 aliphatic heterocycles. The highest BCUT2D eigenvalue weighted by atomic mass is 19.4. The largest absolute Gasteiger partial charge is 0.416 e. The third-order valence-electron chi connectivity index (χ3n) is 5.97. The van der Waals surface area contributed by atoms with Gasteiger partial charge in [-0.25, -0.2) is 0 Å². The Hall–Kier alpha value is -3.41. The number of carbonyl (C=O) groups is 2. The Balaban J connectivity index is 1.62. The van der Waals surface area contributed by atoms with Gasteiger partial charge in [0.05, 0.1) is 5.56 Å². The van der Waals surface area contributed by atoms with Crippen LogP contribution in [0.15, 0.2) is 60.7 Å². The average molecular weight is 468 g/mol. The van der Waals surface area contributed by atoms with E-state index in [2.05, 4.69) is 5.32 Å². The van der Waals surface area contributed by atoms with E-state index < -0.39 is 11.7 Å². The van der Waals surface area contributed by atoms with E-state index in [9.17, 15) is 22.8 Å². The highest BCUT2D eigenvalue weighted by Crippen LogP contribution is 2.30. The van der Waals surface area contributed by atoms with E-state index in [4.69, 9.17) is 0 Å². The first-order valence-corrected chi connectivity index (χ1v) is 11.1. The summed E-state index contributed by atoms with van der Waals surface area (Å²) in [5, 5.41) is 2.63. The lowest BCUT2D eigenvalue weighted by Crippen LogP contribution is -2.17. The van der Waals surface area contributed by atoms with Crippen molar-refractivity contribution in [2.45, 2.75) is 45.7 Å². The van der Waals surface area contributed by atoms with Crippen LogP contribution in [-0.4, -0.2) is 18.7 Å². The molecule has 3 aromatic rings. The molecule has 34 heavy (non-hydrogen) atoms. The smallest absolute Gasteiger partial charge is 0.355 e. The van der Waals surface area contributed by atoms with Crippen LogP contribution in [0.3, 0.4) is 0 Å².